The third-order valence-electron chi connectivity index (χ3n) is 3.25. The van der Waals surface area contributed by atoms with Crippen LogP contribution in [0.15, 0.2) is 47.1 Å². The molecule has 0 saturated heterocycles. The summed E-state index contributed by atoms with van der Waals surface area (Å²) >= 11 is 0. The Bertz CT molecular complexity index is 621. The number of hydrogen-bond donors (Lipinski definition) is 3. The van der Waals surface area contributed by atoms with E-state index in [0.717, 1.165) is 5.56 Å². The van der Waals surface area contributed by atoms with Crippen molar-refractivity contribution in [2.24, 2.45) is 5.73 Å². The summed E-state index contributed by atoms with van der Waals surface area (Å²) in [4.78, 5) is 23.7. The lowest BCUT2D eigenvalue weighted by Crippen LogP contribution is -2.32. The molecule has 6 nitrogen and oxygen atoms in total. The zero-order valence-electron chi connectivity index (χ0n) is 12.3. The van der Waals surface area contributed by atoms with Crippen LogP contribution in [0, 0.1) is 0 Å². The average Bonchev–Trinajstić information content (AvgIpc) is 3.07. The van der Waals surface area contributed by atoms with Crippen LogP contribution in [0.4, 0.5) is 5.69 Å². The fourth-order valence-corrected chi connectivity index (χ4v) is 1.96. The lowest BCUT2D eigenvalue weighted by Gasteiger charge is -2.12. The van der Waals surface area contributed by atoms with Crippen LogP contribution in [-0.2, 0) is 4.79 Å². The van der Waals surface area contributed by atoms with Crippen molar-refractivity contribution in [3.8, 4) is 0 Å². The predicted octanol–water partition coefficient (Wildman–Crippen LogP) is 1.71. The number of carbonyl (C=O) groups excluding carboxylic acids is 2. The monoisotopic (exact) mass is 301 g/mol. The van der Waals surface area contributed by atoms with Gasteiger partial charge in [0.25, 0.3) is 5.91 Å². The van der Waals surface area contributed by atoms with E-state index in [-0.39, 0.29) is 23.5 Å². The summed E-state index contributed by atoms with van der Waals surface area (Å²) in [5.74, 6) is -0.413. The molecular formula is C16H19N3O3. The van der Waals surface area contributed by atoms with Crippen molar-refractivity contribution in [3.05, 3.63) is 54.0 Å². The lowest BCUT2D eigenvalue weighted by molar-refractivity contribution is -0.122. The van der Waals surface area contributed by atoms with Crippen molar-refractivity contribution in [2.75, 3.05) is 18.4 Å². The van der Waals surface area contributed by atoms with E-state index in [1.54, 1.807) is 24.3 Å². The molecule has 0 radical (unpaired) electrons. The number of nitrogens with two attached hydrogens (primary N) is 1. The summed E-state index contributed by atoms with van der Waals surface area (Å²) in [6.07, 6.45) is 1.44. The molecule has 1 atom stereocenters. The highest BCUT2D eigenvalue weighted by molar-refractivity contribution is 6.02. The maximum Gasteiger partial charge on any atom is 0.291 e. The quantitative estimate of drug-likeness (QED) is 0.756. The maximum atomic E-state index is 11.9. The first-order valence-corrected chi connectivity index (χ1v) is 7.04. The van der Waals surface area contributed by atoms with Gasteiger partial charge in [0.05, 0.1) is 12.2 Å². The molecule has 1 aromatic heterocycles. The third kappa shape index (κ3) is 3.95. The van der Waals surface area contributed by atoms with Crippen LogP contribution in [0.25, 0.3) is 0 Å². The molecule has 4 N–H and O–H groups in total. The molecule has 1 unspecified atom stereocenters. The molecule has 2 rings (SSSR count). The highest BCUT2D eigenvalue weighted by atomic mass is 16.3. The van der Waals surface area contributed by atoms with Gasteiger partial charge in [-0.15, -0.1) is 0 Å². The van der Waals surface area contributed by atoms with Crippen molar-refractivity contribution >= 4 is 17.5 Å². The molecule has 0 aliphatic rings. The largest absolute Gasteiger partial charge is 0.459 e. The molecule has 0 bridgehead atoms. The van der Waals surface area contributed by atoms with Crippen molar-refractivity contribution in [2.45, 2.75) is 12.8 Å². The van der Waals surface area contributed by atoms with Gasteiger partial charge in [-0.1, -0.05) is 12.1 Å². The summed E-state index contributed by atoms with van der Waals surface area (Å²) in [6.45, 7) is 2.69. The summed E-state index contributed by atoms with van der Waals surface area (Å²) in [5.41, 5.74) is 6.86. The Morgan fingerprint density at radius 2 is 1.95 bits per heavy atom. The van der Waals surface area contributed by atoms with Gasteiger partial charge < -0.3 is 20.8 Å². The van der Waals surface area contributed by atoms with E-state index in [4.69, 9.17) is 10.2 Å². The number of rotatable bonds is 6. The van der Waals surface area contributed by atoms with Crippen molar-refractivity contribution in [3.63, 3.8) is 0 Å². The second-order valence-electron chi connectivity index (χ2n) is 4.85. The van der Waals surface area contributed by atoms with Crippen LogP contribution in [-0.4, -0.2) is 24.9 Å². The smallest absolute Gasteiger partial charge is 0.291 e. The number of furan rings is 1. The van der Waals surface area contributed by atoms with Gasteiger partial charge in [0.2, 0.25) is 5.91 Å². The van der Waals surface area contributed by atoms with Gasteiger partial charge in [0, 0.05) is 18.8 Å². The topological polar surface area (TPSA) is 97.4 Å². The number of anilines is 1. The molecule has 1 heterocycles. The summed E-state index contributed by atoms with van der Waals surface area (Å²) in [7, 11) is 0. The minimum atomic E-state index is -0.313. The predicted molar refractivity (Wildman–Crippen MR) is 83.6 cm³/mol. The Kier molecular flexibility index (Phi) is 5.32. The van der Waals surface area contributed by atoms with Gasteiger partial charge in [-0.2, -0.15) is 0 Å². The lowest BCUT2D eigenvalue weighted by atomic mass is 10.00. The van der Waals surface area contributed by atoms with E-state index < -0.39 is 0 Å². The Labute approximate surface area is 128 Å². The van der Waals surface area contributed by atoms with Gasteiger partial charge in [-0.25, -0.2) is 0 Å². The second-order valence-corrected chi connectivity index (χ2v) is 4.85. The van der Waals surface area contributed by atoms with E-state index in [1.165, 1.54) is 6.26 Å². The van der Waals surface area contributed by atoms with Crippen LogP contribution >= 0.6 is 0 Å². The van der Waals surface area contributed by atoms with Gasteiger partial charge in [0.15, 0.2) is 5.76 Å². The van der Waals surface area contributed by atoms with Crippen LogP contribution in [0.2, 0.25) is 0 Å². The molecule has 116 valence electrons. The zero-order chi connectivity index (χ0) is 15.9. The Hall–Kier alpha value is -2.60. The molecule has 0 fully saturated rings. The fraction of sp³-hybridized carbons (Fsp3) is 0.250. The number of nitrogens with one attached hydrogen (secondary N) is 2. The second kappa shape index (κ2) is 7.42. The van der Waals surface area contributed by atoms with E-state index in [1.807, 2.05) is 19.1 Å². The molecular weight excluding hydrogens is 282 g/mol. The highest BCUT2D eigenvalue weighted by Crippen LogP contribution is 2.18. The molecule has 0 aliphatic heterocycles. The summed E-state index contributed by atoms with van der Waals surface area (Å²) in [6, 6.07) is 10.4. The van der Waals surface area contributed by atoms with E-state index in [2.05, 4.69) is 10.6 Å². The average molecular weight is 301 g/mol. The SMILES string of the molecule is CC(C(=O)NCCN)c1ccc(NC(=O)c2ccco2)cc1. The first-order chi connectivity index (χ1) is 10.6. The van der Waals surface area contributed by atoms with Crippen LogP contribution in [0.1, 0.15) is 29.0 Å². The Morgan fingerprint density at radius 1 is 1.23 bits per heavy atom. The standard InChI is InChI=1S/C16H19N3O3/c1-11(15(20)18-9-8-17)12-4-6-13(7-5-12)19-16(21)14-3-2-10-22-14/h2-7,10-11H,8-9,17H2,1H3,(H,18,20)(H,19,21). The number of amides is 2. The van der Waals surface area contributed by atoms with Crippen LogP contribution in [0.5, 0.6) is 0 Å². The van der Waals surface area contributed by atoms with E-state index in [9.17, 15) is 9.59 Å². The first-order valence-electron chi connectivity index (χ1n) is 7.04. The van der Waals surface area contributed by atoms with Crippen molar-refractivity contribution in [1.29, 1.82) is 0 Å². The maximum absolute atomic E-state index is 11.9. The molecule has 0 spiro atoms. The molecule has 22 heavy (non-hydrogen) atoms. The Balaban J connectivity index is 1.98. The Morgan fingerprint density at radius 3 is 2.55 bits per heavy atom. The summed E-state index contributed by atoms with van der Waals surface area (Å²) in [5, 5.41) is 5.47. The number of hydrogen-bond acceptors (Lipinski definition) is 4. The minimum absolute atomic E-state index is 0.0715. The van der Waals surface area contributed by atoms with Gasteiger partial charge in [-0.05, 0) is 36.8 Å². The molecule has 6 heteroatoms. The highest BCUT2D eigenvalue weighted by Gasteiger charge is 2.15. The number of benzene rings is 1. The normalized spacial score (nSPS) is 11.7. The fourth-order valence-electron chi connectivity index (χ4n) is 1.96. The van der Waals surface area contributed by atoms with Crippen molar-refractivity contribution < 1.29 is 14.0 Å². The van der Waals surface area contributed by atoms with E-state index >= 15 is 0 Å². The minimum Gasteiger partial charge on any atom is -0.459 e. The van der Waals surface area contributed by atoms with Crippen LogP contribution < -0.4 is 16.4 Å². The zero-order valence-corrected chi connectivity index (χ0v) is 12.3. The van der Waals surface area contributed by atoms with Gasteiger partial charge in [0.1, 0.15) is 0 Å². The van der Waals surface area contributed by atoms with Crippen molar-refractivity contribution in [1.82, 2.24) is 5.32 Å². The van der Waals surface area contributed by atoms with E-state index in [0.29, 0.717) is 18.8 Å². The van der Waals surface area contributed by atoms with Crippen LogP contribution in [0.3, 0.4) is 0 Å². The molecule has 2 aromatic rings. The molecule has 2 amide bonds. The first kappa shape index (κ1) is 15.8. The third-order valence-corrected chi connectivity index (χ3v) is 3.25. The number of carbonyl (C=O) groups is 2. The molecule has 1 aromatic carbocycles. The van der Waals surface area contributed by atoms with Gasteiger partial charge >= 0.3 is 0 Å². The summed E-state index contributed by atoms with van der Waals surface area (Å²) < 4.78 is 5.02. The van der Waals surface area contributed by atoms with Gasteiger partial charge in [-0.3, -0.25) is 9.59 Å². The molecule has 0 saturated carbocycles. The molecule has 0 aliphatic carbocycles.